The highest BCUT2D eigenvalue weighted by atomic mass is 35.5. The molecule has 0 aliphatic heterocycles. The van der Waals surface area contributed by atoms with Crippen LogP contribution in [0.1, 0.15) is 11.1 Å². The van der Waals surface area contributed by atoms with Crippen LogP contribution in [-0.2, 0) is 16.6 Å². The summed E-state index contributed by atoms with van der Waals surface area (Å²) in [6, 6.07) is 11.0. The second-order valence-electron chi connectivity index (χ2n) is 4.76. The van der Waals surface area contributed by atoms with Gasteiger partial charge in [-0.05, 0) is 36.2 Å². The minimum absolute atomic E-state index is 0.160. The predicted octanol–water partition coefficient (Wildman–Crippen LogP) is 3.61. The van der Waals surface area contributed by atoms with Gasteiger partial charge in [-0.15, -0.1) is 0 Å². The number of sulfonamides is 1. The van der Waals surface area contributed by atoms with E-state index in [-0.39, 0.29) is 16.5 Å². The highest BCUT2D eigenvalue weighted by Gasteiger charge is 2.24. The third-order valence-corrected chi connectivity index (χ3v) is 5.31. The van der Waals surface area contributed by atoms with Crippen LogP contribution in [0.15, 0.2) is 47.4 Å². The van der Waals surface area contributed by atoms with E-state index in [1.54, 1.807) is 0 Å². The zero-order valence-electron chi connectivity index (χ0n) is 11.7. The van der Waals surface area contributed by atoms with Gasteiger partial charge in [0.05, 0.1) is 0 Å². The lowest BCUT2D eigenvalue weighted by Gasteiger charge is -2.18. The summed E-state index contributed by atoms with van der Waals surface area (Å²) in [6.45, 7) is 2.08. The van der Waals surface area contributed by atoms with Crippen molar-refractivity contribution in [3.8, 4) is 0 Å². The molecule has 0 N–H and O–H groups in total. The molecule has 21 heavy (non-hydrogen) atoms. The van der Waals surface area contributed by atoms with E-state index < -0.39 is 15.8 Å². The Kier molecular flexibility index (Phi) is 4.66. The van der Waals surface area contributed by atoms with E-state index >= 15 is 0 Å². The molecule has 0 saturated heterocycles. The largest absolute Gasteiger partial charge is 0.246 e. The van der Waals surface area contributed by atoms with E-state index in [1.807, 2.05) is 31.2 Å². The molecule has 0 fully saturated rings. The Balaban J connectivity index is 2.33. The molecule has 0 atom stereocenters. The molecule has 0 radical (unpaired) electrons. The second kappa shape index (κ2) is 6.13. The maximum Gasteiger partial charge on any atom is 0.246 e. The Labute approximate surface area is 129 Å². The standard InChI is InChI=1S/C15H15ClFNO2S/c1-11-5-3-4-6-12(11)10-18(2)21(19,20)15-8-7-13(16)9-14(15)17/h3-9H,10H2,1-2H3. The summed E-state index contributed by atoms with van der Waals surface area (Å²) < 4.78 is 39.8. The molecule has 0 spiro atoms. The first kappa shape index (κ1) is 15.9. The molecular weight excluding hydrogens is 313 g/mol. The number of hydrogen-bond acceptors (Lipinski definition) is 2. The molecule has 0 saturated carbocycles. The monoisotopic (exact) mass is 327 g/mol. The summed E-state index contributed by atoms with van der Waals surface area (Å²) in [7, 11) is -2.48. The summed E-state index contributed by atoms with van der Waals surface area (Å²) in [6.07, 6.45) is 0. The third-order valence-electron chi connectivity index (χ3n) is 3.24. The molecule has 6 heteroatoms. The lowest BCUT2D eigenvalue weighted by atomic mass is 10.1. The number of aryl methyl sites for hydroxylation is 1. The Morgan fingerprint density at radius 1 is 1.19 bits per heavy atom. The van der Waals surface area contributed by atoms with Crippen molar-refractivity contribution in [3.05, 3.63) is 64.4 Å². The molecule has 112 valence electrons. The Morgan fingerprint density at radius 3 is 2.48 bits per heavy atom. The number of rotatable bonds is 4. The fourth-order valence-corrected chi connectivity index (χ4v) is 3.31. The fourth-order valence-electron chi connectivity index (χ4n) is 1.96. The summed E-state index contributed by atoms with van der Waals surface area (Å²) in [5.74, 6) is -0.848. The summed E-state index contributed by atoms with van der Waals surface area (Å²) in [4.78, 5) is -0.372. The number of benzene rings is 2. The van der Waals surface area contributed by atoms with E-state index in [4.69, 9.17) is 11.6 Å². The van der Waals surface area contributed by atoms with Crippen molar-refractivity contribution in [2.75, 3.05) is 7.05 Å². The predicted molar refractivity (Wildman–Crippen MR) is 81.2 cm³/mol. The van der Waals surface area contributed by atoms with Crippen LogP contribution in [0.5, 0.6) is 0 Å². The number of nitrogens with zero attached hydrogens (tertiary/aromatic N) is 1. The molecule has 0 amide bonds. The first-order chi connectivity index (χ1) is 9.82. The second-order valence-corrected chi connectivity index (χ2v) is 7.21. The van der Waals surface area contributed by atoms with Crippen LogP contribution in [0.25, 0.3) is 0 Å². The Morgan fingerprint density at radius 2 is 1.86 bits per heavy atom. The molecule has 0 aliphatic carbocycles. The third kappa shape index (κ3) is 3.43. The van der Waals surface area contributed by atoms with Crippen LogP contribution in [0.2, 0.25) is 5.02 Å². The number of halogens is 2. The van der Waals surface area contributed by atoms with Crippen molar-refractivity contribution in [2.45, 2.75) is 18.4 Å². The average Bonchev–Trinajstić information content (AvgIpc) is 2.40. The lowest BCUT2D eigenvalue weighted by molar-refractivity contribution is 0.459. The maximum absolute atomic E-state index is 13.8. The molecule has 2 rings (SSSR count). The SMILES string of the molecule is Cc1ccccc1CN(C)S(=O)(=O)c1ccc(Cl)cc1F. The first-order valence-electron chi connectivity index (χ1n) is 6.28. The first-order valence-corrected chi connectivity index (χ1v) is 8.10. The Bertz CT molecular complexity index is 762. The molecular formula is C15H15ClFNO2S. The fraction of sp³-hybridized carbons (Fsp3) is 0.200. The van der Waals surface area contributed by atoms with Crippen molar-refractivity contribution in [3.63, 3.8) is 0 Å². The van der Waals surface area contributed by atoms with Gasteiger partial charge in [0.1, 0.15) is 10.7 Å². The van der Waals surface area contributed by atoms with Gasteiger partial charge in [0.2, 0.25) is 10.0 Å². The minimum atomic E-state index is -3.90. The van der Waals surface area contributed by atoms with Gasteiger partial charge < -0.3 is 0 Å². The van der Waals surface area contributed by atoms with Crippen LogP contribution in [0.3, 0.4) is 0 Å². The summed E-state index contributed by atoms with van der Waals surface area (Å²) in [5, 5.41) is 0.160. The van der Waals surface area contributed by atoms with Crippen molar-refractivity contribution in [1.82, 2.24) is 4.31 Å². The quantitative estimate of drug-likeness (QED) is 0.860. The van der Waals surface area contributed by atoms with E-state index in [1.165, 1.54) is 19.2 Å². The van der Waals surface area contributed by atoms with Crippen LogP contribution in [0, 0.1) is 12.7 Å². The zero-order chi connectivity index (χ0) is 15.6. The number of hydrogen-bond donors (Lipinski definition) is 0. The van der Waals surface area contributed by atoms with Crippen LogP contribution >= 0.6 is 11.6 Å². The molecule has 0 aliphatic rings. The average molecular weight is 328 g/mol. The Hall–Kier alpha value is -1.43. The molecule has 0 aromatic heterocycles. The molecule has 0 unspecified atom stereocenters. The van der Waals surface area contributed by atoms with Crippen LogP contribution < -0.4 is 0 Å². The molecule has 0 heterocycles. The van der Waals surface area contributed by atoms with Crippen molar-refractivity contribution in [2.24, 2.45) is 0 Å². The van der Waals surface area contributed by atoms with Crippen LogP contribution in [-0.4, -0.2) is 19.8 Å². The highest BCUT2D eigenvalue weighted by molar-refractivity contribution is 7.89. The summed E-state index contributed by atoms with van der Waals surface area (Å²) in [5.41, 5.74) is 1.86. The van der Waals surface area contributed by atoms with Gasteiger partial charge in [-0.2, -0.15) is 4.31 Å². The van der Waals surface area contributed by atoms with E-state index in [9.17, 15) is 12.8 Å². The van der Waals surface area contributed by atoms with E-state index in [2.05, 4.69) is 0 Å². The highest BCUT2D eigenvalue weighted by Crippen LogP contribution is 2.23. The molecule has 0 bridgehead atoms. The topological polar surface area (TPSA) is 37.4 Å². The minimum Gasteiger partial charge on any atom is -0.207 e. The van der Waals surface area contributed by atoms with Gasteiger partial charge in [0, 0.05) is 18.6 Å². The van der Waals surface area contributed by atoms with Crippen molar-refractivity contribution < 1.29 is 12.8 Å². The van der Waals surface area contributed by atoms with Crippen LogP contribution in [0.4, 0.5) is 4.39 Å². The van der Waals surface area contributed by atoms with E-state index in [0.29, 0.717) is 0 Å². The lowest BCUT2D eigenvalue weighted by Crippen LogP contribution is -2.27. The molecule has 2 aromatic rings. The van der Waals surface area contributed by atoms with Gasteiger partial charge in [0.25, 0.3) is 0 Å². The van der Waals surface area contributed by atoms with Gasteiger partial charge in [-0.3, -0.25) is 0 Å². The van der Waals surface area contributed by atoms with E-state index in [0.717, 1.165) is 21.5 Å². The zero-order valence-corrected chi connectivity index (χ0v) is 13.2. The smallest absolute Gasteiger partial charge is 0.207 e. The molecule has 3 nitrogen and oxygen atoms in total. The maximum atomic E-state index is 13.8. The summed E-state index contributed by atoms with van der Waals surface area (Å²) >= 11 is 5.65. The van der Waals surface area contributed by atoms with Crippen molar-refractivity contribution >= 4 is 21.6 Å². The molecule has 2 aromatic carbocycles. The van der Waals surface area contributed by atoms with Crippen molar-refractivity contribution in [1.29, 1.82) is 0 Å². The van der Waals surface area contributed by atoms with Gasteiger partial charge in [-0.25, -0.2) is 12.8 Å². The van der Waals surface area contributed by atoms with Gasteiger partial charge >= 0.3 is 0 Å². The normalized spacial score (nSPS) is 11.9. The van der Waals surface area contributed by atoms with Gasteiger partial charge in [0.15, 0.2) is 0 Å². The van der Waals surface area contributed by atoms with Gasteiger partial charge in [-0.1, -0.05) is 35.9 Å².